The second-order valence-electron chi connectivity index (χ2n) is 9.52. The lowest BCUT2D eigenvalue weighted by atomic mass is 9.70. The minimum absolute atomic E-state index is 0.270. The zero-order chi connectivity index (χ0) is 21.2. The van der Waals surface area contributed by atoms with Gasteiger partial charge in [0.2, 0.25) is 0 Å². The highest BCUT2D eigenvalue weighted by Crippen LogP contribution is 2.56. The van der Waals surface area contributed by atoms with Crippen LogP contribution in [0.25, 0.3) is 0 Å². The van der Waals surface area contributed by atoms with Gasteiger partial charge in [0.25, 0.3) is 0 Å². The molecule has 4 heteroatoms. The van der Waals surface area contributed by atoms with Crippen LogP contribution in [-0.2, 0) is 4.57 Å². The maximum absolute atomic E-state index is 15.0. The van der Waals surface area contributed by atoms with Gasteiger partial charge in [-0.15, -0.1) is 0 Å². The smallest absolute Gasteiger partial charge is 0.166 e. The predicted molar refractivity (Wildman–Crippen MR) is 125 cm³/mol. The fraction of sp³-hybridized carbons (Fsp3) is 0.385. The Morgan fingerprint density at radius 1 is 0.933 bits per heavy atom. The molecule has 1 fully saturated rings. The van der Waals surface area contributed by atoms with Gasteiger partial charge in [-0.25, -0.2) is 0 Å². The van der Waals surface area contributed by atoms with Crippen molar-refractivity contribution in [3.63, 3.8) is 0 Å². The van der Waals surface area contributed by atoms with E-state index in [0.717, 1.165) is 29.2 Å². The average molecular weight is 422 g/mol. The van der Waals surface area contributed by atoms with Gasteiger partial charge in [0.05, 0.1) is 6.26 Å². The Bertz CT molecular complexity index is 939. The van der Waals surface area contributed by atoms with E-state index in [2.05, 4.69) is 26.1 Å². The van der Waals surface area contributed by atoms with Gasteiger partial charge in [0.1, 0.15) is 11.5 Å². The van der Waals surface area contributed by atoms with Gasteiger partial charge < -0.3 is 8.98 Å². The topological polar surface area (TPSA) is 42.2 Å². The lowest BCUT2D eigenvalue weighted by molar-refractivity contribution is 0.148. The standard InChI is InChI=1S/C26H32NO2P/c1-20-17-21(19-26(2,3)18-20)27-25(24-15-10-16-29-24)30(28,22-11-6-4-7-12-22)23-13-8-5-9-14-23/h4-16,20-21,25,27H,17-19H2,1-3H3/t20-,21+,25+/m1/s1. The maximum Gasteiger partial charge on any atom is 0.166 e. The van der Waals surface area contributed by atoms with Gasteiger partial charge in [-0.2, -0.15) is 0 Å². The Balaban J connectivity index is 1.81. The summed E-state index contributed by atoms with van der Waals surface area (Å²) >= 11 is 0. The Hall–Kier alpha value is -2.09. The Kier molecular flexibility index (Phi) is 6.04. The normalized spacial score (nSPS) is 22.5. The molecule has 1 aromatic heterocycles. The van der Waals surface area contributed by atoms with Crippen LogP contribution in [0.4, 0.5) is 0 Å². The molecule has 0 amide bonds. The van der Waals surface area contributed by atoms with Crippen LogP contribution in [-0.4, -0.2) is 6.04 Å². The first-order chi connectivity index (χ1) is 14.4. The summed E-state index contributed by atoms with van der Waals surface area (Å²) in [6.45, 7) is 7.01. The second kappa shape index (κ2) is 8.57. The fourth-order valence-corrected chi connectivity index (χ4v) is 8.31. The van der Waals surface area contributed by atoms with Crippen molar-refractivity contribution in [2.75, 3.05) is 0 Å². The first kappa shape index (κ1) is 21.2. The monoisotopic (exact) mass is 421 g/mol. The molecular weight excluding hydrogens is 389 g/mol. The summed E-state index contributed by atoms with van der Waals surface area (Å²) in [6, 6.07) is 23.9. The van der Waals surface area contributed by atoms with Crippen molar-refractivity contribution in [3.05, 3.63) is 84.8 Å². The number of hydrogen-bond acceptors (Lipinski definition) is 3. The van der Waals surface area contributed by atoms with Gasteiger partial charge in [-0.1, -0.05) is 81.4 Å². The third-order valence-corrected chi connectivity index (χ3v) is 9.50. The minimum Gasteiger partial charge on any atom is -0.467 e. The molecule has 1 heterocycles. The van der Waals surface area contributed by atoms with Gasteiger partial charge in [0.15, 0.2) is 7.14 Å². The van der Waals surface area contributed by atoms with Gasteiger partial charge in [0, 0.05) is 16.7 Å². The molecule has 3 nitrogen and oxygen atoms in total. The van der Waals surface area contributed by atoms with Crippen LogP contribution >= 0.6 is 7.14 Å². The molecule has 0 bridgehead atoms. The lowest BCUT2D eigenvalue weighted by Crippen LogP contribution is -2.43. The molecule has 0 radical (unpaired) electrons. The van der Waals surface area contributed by atoms with Crippen molar-refractivity contribution in [2.24, 2.45) is 11.3 Å². The maximum atomic E-state index is 15.0. The SMILES string of the molecule is C[C@@H]1C[C@H](N[C@H](c2ccco2)P(=O)(c2ccccc2)c2ccccc2)CC(C)(C)C1. The lowest BCUT2D eigenvalue weighted by Gasteiger charge is -2.41. The van der Waals surface area contributed by atoms with E-state index in [1.807, 2.05) is 72.8 Å². The van der Waals surface area contributed by atoms with Crippen molar-refractivity contribution >= 4 is 17.8 Å². The van der Waals surface area contributed by atoms with E-state index in [1.165, 1.54) is 6.42 Å². The minimum atomic E-state index is -3.06. The summed E-state index contributed by atoms with van der Waals surface area (Å²) in [7, 11) is -3.06. The number of hydrogen-bond donors (Lipinski definition) is 1. The summed E-state index contributed by atoms with van der Waals surface area (Å²) in [4.78, 5) is 0. The summed E-state index contributed by atoms with van der Waals surface area (Å²) in [5.41, 5.74) is 0.270. The van der Waals surface area contributed by atoms with E-state index in [-0.39, 0.29) is 5.41 Å². The first-order valence-corrected chi connectivity index (χ1v) is 12.7. The van der Waals surface area contributed by atoms with Crippen molar-refractivity contribution in [2.45, 2.75) is 51.9 Å². The van der Waals surface area contributed by atoms with E-state index >= 15 is 4.57 Å². The van der Waals surface area contributed by atoms with Crippen LogP contribution in [0.15, 0.2) is 83.5 Å². The third kappa shape index (κ3) is 4.33. The summed E-state index contributed by atoms with van der Waals surface area (Å²) in [6.07, 6.45) is 5.06. The van der Waals surface area contributed by atoms with Crippen LogP contribution in [0.5, 0.6) is 0 Å². The van der Waals surface area contributed by atoms with Crippen LogP contribution < -0.4 is 15.9 Å². The van der Waals surface area contributed by atoms with Crippen LogP contribution in [0.3, 0.4) is 0 Å². The number of furan rings is 1. The molecule has 0 spiro atoms. The molecule has 1 aliphatic rings. The molecule has 1 aliphatic carbocycles. The molecule has 4 rings (SSSR count). The molecule has 0 aliphatic heterocycles. The summed E-state index contributed by atoms with van der Waals surface area (Å²) in [5, 5.41) is 5.53. The third-order valence-electron chi connectivity index (χ3n) is 6.24. The van der Waals surface area contributed by atoms with Gasteiger partial charge >= 0.3 is 0 Å². The van der Waals surface area contributed by atoms with E-state index < -0.39 is 12.9 Å². The molecule has 0 unspecified atom stereocenters. The van der Waals surface area contributed by atoms with E-state index in [0.29, 0.717) is 12.0 Å². The highest BCUT2D eigenvalue weighted by molar-refractivity contribution is 7.78. The van der Waals surface area contributed by atoms with Crippen LogP contribution in [0.2, 0.25) is 0 Å². The predicted octanol–water partition coefficient (Wildman–Crippen LogP) is 6.10. The highest BCUT2D eigenvalue weighted by Gasteiger charge is 2.42. The van der Waals surface area contributed by atoms with Crippen LogP contribution in [0.1, 0.15) is 51.6 Å². The van der Waals surface area contributed by atoms with Crippen LogP contribution in [0, 0.1) is 11.3 Å². The zero-order valence-electron chi connectivity index (χ0n) is 18.1. The van der Waals surface area contributed by atoms with Gasteiger partial charge in [-0.3, -0.25) is 5.32 Å². The second-order valence-corrected chi connectivity index (χ2v) is 12.4. The largest absolute Gasteiger partial charge is 0.467 e. The molecule has 3 atom stereocenters. The number of benzene rings is 2. The van der Waals surface area contributed by atoms with Crippen molar-refractivity contribution in [1.29, 1.82) is 0 Å². The quantitative estimate of drug-likeness (QED) is 0.489. The van der Waals surface area contributed by atoms with E-state index in [1.54, 1.807) is 6.26 Å². The van der Waals surface area contributed by atoms with Crippen molar-refractivity contribution < 1.29 is 8.98 Å². The molecule has 2 aromatic carbocycles. The fourth-order valence-electron chi connectivity index (χ4n) is 5.26. The summed E-state index contributed by atoms with van der Waals surface area (Å²) < 4.78 is 20.9. The Morgan fingerprint density at radius 3 is 2.03 bits per heavy atom. The molecule has 30 heavy (non-hydrogen) atoms. The Morgan fingerprint density at radius 2 is 1.53 bits per heavy atom. The Labute approximate surface area is 180 Å². The van der Waals surface area contributed by atoms with E-state index in [9.17, 15) is 0 Å². The molecular formula is C26H32NO2P. The number of rotatable bonds is 6. The summed E-state index contributed by atoms with van der Waals surface area (Å²) in [5.74, 6) is 0.974. The number of nitrogens with one attached hydrogen (secondary N) is 1. The molecule has 3 aromatic rings. The van der Waals surface area contributed by atoms with E-state index in [4.69, 9.17) is 4.42 Å². The average Bonchev–Trinajstić information content (AvgIpc) is 3.26. The molecule has 1 N–H and O–H groups in total. The van der Waals surface area contributed by atoms with Crippen molar-refractivity contribution in [3.8, 4) is 0 Å². The highest BCUT2D eigenvalue weighted by atomic mass is 31.2. The molecule has 1 saturated carbocycles. The van der Waals surface area contributed by atoms with Crippen molar-refractivity contribution in [1.82, 2.24) is 5.32 Å². The molecule has 0 saturated heterocycles. The van der Waals surface area contributed by atoms with Gasteiger partial charge in [-0.05, 0) is 42.7 Å². The molecule has 158 valence electrons. The zero-order valence-corrected chi connectivity index (χ0v) is 19.0. The first-order valence-electron chi connectivity index (χ1n) is 10.9.